The zero-order valence-corrected chi connectivity index (χ0v) is 25.1. The van der Waals surface area contributed by atoms with Crippen LogP contribution in [0.3, 0.4) is 0 Å². The fourth-order valence-corrected chi connectivity index (χ4v) is 6.31. The average Bonchev–Trinajstić information content (AvgIpc) is 2.96. The van der Waals surface area contributed by atoms with Gasteiger partial charge in [-0.05, 0) is 92.4 Å². The van der Waals surface area contributed by atoms with Gasteiger partial charge in [0.1, 0.15) is 17.7 Å². The van der Waals surface area contributed by atoms with E-state index in [1.807, 2.05) is 48.5 Å². The molecule has 3 aromatic carbocycles. The van der Waals surface area contributed by atoms with Crippen LogP contribution in [-0.2, 0) is 4.79 Å². The molecule has 210 valence electrons. The fraction of sp³-hybridized carbons (Fsp3) is 0.382. The molecule has 1 aliphatic carbocycles. The molecule has 0 saturated heterocycles. The molecule has 0 aliphatic heterocycles. The first kappa shape index (κ1) is 30.2. The van der Waals surface area contributed by atoms with E-state index in [2.05, 4.69) is 37.9 Å². The van der Waals surface area contributed by atoms with Crippen LogP contribution in [0.4, 0.5) is 0 Å². The molecule has 0 N–H and O–H groups in total. The minimum Gasteiger partial charge on any atom is -0.298 e. The predicted octanol–water partition coefficient (Wildman–Crippen LogP) is 9.23. The number of hydrogen-bond donors (Lipinski definition) is 0. The van der Waals surface area contributed by atoms with Crippen LogP contribution in [0.5, 0.6) is 0 Å². The van der Waals surface area contributed by atoms with Crippen molar-refractivity contribution in [3.8, 4) is 11.1 Å². The van der Waals surface area contributed by atoms with Crippen molar-refractivity contribution in [2.24, 2.45) is 10.9 Å². The third kappa shape index (κ3) is 7.28. The molecule has 6 heteroatoms. The fourth-order valence-electron chi connectivity index (χ4n) is 5.79. The van der Waals surface area contributed by atoms with E-state index in [1.54, 1.807) is 6.07 Å². The first-order valence-electron chi connectivity index (χ1n) is 14.1. The Morgan fingerprint density at radius 1 is 0.900 bits per heavy atom. The van der Waals surface area contributed by atoms with E-state index in [0.717, 1.165) is 74.2 Å². The molecule has 1 aliphatic rings. The van der Waals surface area contributed by atoms with Crippen LogP contribution in [0.25, 0.3) is 11.1 Å². The van der Waals surface area contributed by atoms with Gasteiger partial charge in [-0.25, -0.2) is 0 Å². The first-order valence-corrected chi connectivity index (χ1v) is 14.9. The van der Waals surface area contributed by atoms with Crippen LogP contribution in [-0.4, -0.2) is 35.9 Å². The van der Waals surface area contributed by atoms with Gasteiger partial charge in [0.15, 0.2) is 6.29 Å². The molecule has 1 saturated carbocycles. The minimum atomic E-state index is -0.505. The molecule has 4 rings (SSSR count). The second-order valence-corrected chi connectivity index (χ2v) is 12.2. The van der Waals surface area contributed by atoms with Gasteiger partial charge in [-0.1, -0.05) is 85.9 Å². The van der Waals surface area contributed by atoms with Crippen molar-refractivity contribution >= 4 is 41.5 Å². The van der Waals surface area contributed by atoms with Crippen molar-refractivity contribution in [3.63, 3.8) is 0 Å². The Balaban J connectivity index is 1.76. The predicted molar refractivity (Wildman–Crippen MR) is 167 cm³/mol. The van der Waals surface area contributed by atoms with Crippen molar-refractivity contribution in [2.45, 2.75) is 70.5 Å². The minimum absolute atomic E-state index is 0.109. The lowest BCUT2D eigenvalue weighted by atomic mass is 9.85. The van der Waals surface area contributed by atoms with E-state index in [-0.39, 0.29) is 6.04 Å². The highest BCUT2D eigenvalue weighted by Gasteiger charge is 2.40. The highest BCUT2D eigenvalue weighted by atomic mass is 35.5. The topological polar surface area (TPSA) is 49.7 Å². The van der Waals surface area contributed by atoms with Gasteiger partial charge in [-0.15, -0.1) is 0 Å². The number of carbonyl (C=O) groups is 2. The maximum absolute atomic E-state index is 12.6. The largest absolute Gasteiger partial charge is 0.298 e. The molecule has 4 nitrogen and oxygen atoms in total. The van der Waals surface area contributed by atoms with E-state index in [4.69, 9.17) is 28.2 Å². The van der Waals surface area contributed by atoms with Crippen molar-refractivity contribution in [1.29, 1.82) is 0 Å². The summed E-state index contributed by atoms with van der Waals surface area (Å²) in [4.78, 5) is 31.6. The van der Waals surface area contributed by atoms with Gasteiger partial charge in [-0.2, -0.15) is 0 Å². The van der Waals surface area contributed by atoms with Crippen LogP contribution in [0, 0.1) is 5.92 Å². The molecule has 40 heavy (non-hydrogen) atoms. The normalized spacial score (nSPS) is 16.2. The Bertz CT molecular complexity index is 1320. The van der Waals surface area contributed by atoms with Crippen molar-refractivity contribution in [3.05, 3.63) is 93.5 Å². The lowest BCUT2D eigenvalue weighted by Gasteiger charge is -2.46. The van der Waals surface area contributed by atoms with E-state index in [0.29, 0.717) is 27.2 Å². The summed E-state index contributed by atoms with van der Waals surface area (Å²) in [5.74, 6) is 0.559. The molecule has 3 aromatic rings. The van der Waals surface area contributed by atoms with Gasteiger partial charge < -0.3 is 0 Å². The van der Waals surface area contributed by atoms with Crippen LogP contribution in [0.15, 0.2) is 71.7 Å². The molecule has 0 bridgehead atoms. The molecule has 0 radical (unpaired) electrons. The summed E-state index contributed by atoms with van der Waals surface area (Å²) in [7, 11) is 2.15. The zero-order chi connectivity index (χ0) is 28.7. The molecule has 1 atom stereocenters. The maximum Gasteiger partial charge on any atom is 0.168 e. The summed E-state index contributed by atoms with van der Waals surface area (Å²) in [6.45, 7) is 4.48. The maximum atomic E-state index is 12.6. The third-order valence-electron chi connectivity index (χ3n) is 8.05. The third-order valence-corrected chi connectivity index (χ3v) is 8.48. The monoisotopic (exact) mass is 576 g/mol. The average molecular weight is 578 g/mol. The lowest BCUT2D eigenvalue weighted by molar-refractivity contribution is -0.102. The smallest absolute Gasteiger partial charge is 0.168 e. The van der Waals surface area contributed by atoms with Gasteiger partial charge in [0.05, 0.1) is 0 Å². The van der Waals surface area contributed by atoms with E-state index in [9.17, 15) is 9.59 Å². The Morgan fingerprint density at radius 3 is 2.17 bits per heavy atom. The summed E-state index contributed by atoms with van der Waals surface area (Å²) in [6, 6.07) is 21.3. The number of carbonyl (C=O) groups excluding carboxylic acids is 2. The molecule has 0 aromatic heterocycles. The summed E-state index contributed by atoms with van der Waals surface area (Å²) >= 11 is 12.5. The van der Waals surface area contributed by atoms with Crippen LogP contribution in [0.2, 0.25) is 10.0 Å². The van der Waals surface area contributed by atoms with Crippen molar-refractivity contribution < 1.29 is 9.59 Å². The van der Waals surface area contributed by atoms with Gasteiger partial charge in [0.2, 0.25) is 0 Å². The van der Waals surface area contributed by atoms with Crippen LogP contribution >= 0.6 is 23.2 Å². The summed E-state index contributed by atoms with van der Waals surface area (Å²) < 4.78 is 0. The molecule has 0 amide bonds. The van der Waals surface area contributed by atoms with Gasteiger partial charge in [0, 0.05) is 27.2 Å². The number of hydrogen-bond acceptors (Lipinski definition) is 4. The number of nitrogens with zero attached hydrogens (tertiary/aromatic N) is 2. The number of halogens is 2. The molecular formula is C34H38Cl2N2O2. The van der Waals surface area contributed by atoms with Gasteiger partial charge in [0.25, 0.3) is 0 Å². The van der Waals surface area contributed by atoms with Crippen molar-refractivity contribution in [2.75, 3.05) is 7.05 Å². The molecular weight excluding hydrogens is 539 g/mol. The molecule has 0 spiro atoms. The van der Waals surface area contributed by atoms with Gasteiger partial charge >= 0.3 is 0 Å². The second-order valence-electron chi connectivity index (χ2n) is 11.3. The summed E-state index contributed by atoms with van der Waals surface area (Å²) in [6.07, 6.45) is 8.84. The molecule has 1 fully saturated rings. The van der Waals surface area contributed by atoms with E-state index < -0.39 is 5.66 Å². The molecule has 1 unspecified atom stereocenters. The Morgan fingerprint density at radius 2 is 1.57 bits per heavy atom. The lowest BCUT2D eigenvalue weighted by Crippen LogP contribution is -2.49. The molecule has 0 heterocycles. The van der Waals surface area contributed by atoms with Crippen LogP contribution < -0.4 is 0 Å². The number of benzene rings is 3. The van der Waals surface area contributed by atoms with Gasteiger partial charge in [-0.3, -0.25) is 19.5 Å². The second kappa shape index (κ2) is 13.7. The Labute approximate surface area is 248 Å². The summed E-state index contributed by atoms with van der Waals surface area (Å²) in [5.41, 5.74) is 4.37. The number of aldehydes is 2. The quantitative estimate of drug-likeness (QED) is 0.169. The highest BCUT2D eigenvalue weighted by Crippen LogP contribution is 2.41. The van der Waals surface area contributed by atoms with E-state index >= 15 is 0 Å². The van der Waals surface area contributed by atoms with E-state index in [1.165, 1.54) is 5.56 Å². The SMILES string of the molecule is CC(C)CCC(c1ccc(C=O)cc1)N(C)C1(/N=C(\C=O)c2cccc(-c3cc(Cl)cc(Cl)c3)c2)CCCCC1. The Hall–Kier alpha value is -2.79. The standard InChI is InChI=1S/C34H38Cl2N2O2/c1-24(2)10-15-33(26-13-11-25(22-39)12-14-26)38(3)34(16-5-4-6-17-34)37-32(23-40)28-9-7-8-27(18-28)29-19-30(35)21-31(36)20-29/h7-9,11-14,18-24,33H,4-6,10,15-17H2,1-3H3/b37-32+. The highest BCUT2D eigenvalue weighted by molar-refractivity contribution is 6.37. The summed E-state index contributed by atoms with van der Waals surface area (Å²) in [5, 5.41) is 1.13. The van der Waals surface area contributed by atoms with Crippen LogP contribution in [0.1, 0.15) is 86.3 Å². The first-order chi connectivity index (χ1) is 19.2. The Kier molecular flexibility index (Phi) is 10.3. The zero-order valence-electron chi connectivity index (χ0n) is 23.6. The number of aliphatic imine (C=N–C) groups is 1. The number of rotatable bonds is 11. The van der Waals surface area contributed by atoms with Crippen molar-refractivity contribution in [1.82, 2.24) is 4.90 Å².